The summed E-state index contributed by atoms with van der Waals surface area (Å²) in [6, 6.07) is 3.36. The lowest BCUT2D eigenvalue weighted by atomic mass is 10.1. The number of nitrogens with two attached hydrogens (primary N) is 1. The summed E-state index contributed by atoms with van der Waals surface area (Å²) in [5, 5.41) is 2.79. The summed E-state index contributed by atoms with van der Waals surface area (Å²) >= 11 is 0. The van der Waals surface area contributed by atoms with Gasteiger partial charge in [0.1, 0.15) is 11.6 Å². The van der Waals surface area contributed by atoms with Crippen LogP contribution in [-0.4, -0.2) is 19.0 Å². The van der Waals surface area contributed by atoms with E-state index in [1.54, 1.807) is 6.08 Å². The molecule has 0 aliphatic heterocycles. The van der Waals surface area contributed by atoms with E-state index >= 15 is 0 Å². The van der Waals surface area contributed by atoms with Gasteiger partial charge in [-0.05, 0) is 30.2 Å². The number of nitrogens with zero attached hydrogens (tertiary/aromatic N) is 1. The van der Waals surface area contributed by atoms with Crippen molar-refractivity contribution in [3.8, 4) is 0 Å². The Morgan fingerprint density at radius 2 is 2.17 bits per heavy atom. The molecule has 0 radical (unpaired) electrons. The normalized spacial score (nSPS) is 10.7. The lowest BCUT2D eigenvalue weighted by Crippen LogP contribution is -2.31. The molecule has 3 nitrogen and oxygen atoms in total. The van der Waals surface area contributed by atoms with Gasteiger partial charge in [0.25, 0.3) is 0 Å². The second kappa shape index (κ2) is 8.84. The summed E-state index contributed by atoms with van der Waals surface area (Å²) in [7, 11) is 0. The van der Waals surface area contributed by atoms with Crippen molar-refractivity contribution in [3.05, 3.63) is 48.1 Å². The largest absolute Gasteiger partial charge is 0.370 e. The molecule has 0 aliphatic carbocycles. The molecular formula is C12H16F2IN3. The van der Waals surface area contributed by atoms with Crippen molar-refractivity contribution in [1.82, 2.24) is 5.32 Å². The number of guanidine groups is 1. The Kier molecular flexibility index (Phi) is 8.27. The Labute approximate surface area is 122 Å². The van der Waals surface area contributed by atoms with Crippen molar-refractivity contribution in [3.63, 3.8) is 0 Å². The highest BCUT2D eigenvalue weighted by Crippen LogP contribution is 2.10. The first-order valence-electron chi connectivity index (χ1n) is 5.22. The summed E-state index contributed by atoms with van der Waals surface area (Å²) in [5.41, 5.74) is 5.81. The van der Waals surface area contributed by atoms with Gasteiger partial charge in [-0.3, -0.25) is 4.99 Å². The number of hydrogen-bond donors (Lipinski definition) is 2. The number of aliphatic imine (C=N–C) groups is 1. The molecule has 0 fully saturated rings. The third-order valence-electron chi connectivity index (χ3n) is 2.10. The number of hydrogen-bond acceptors (Lipinski definition) is 1. The van der Waals surface area contributed by atoms with Crippen LogP contribution in [0, 0.1) is 11.6 Å². The molecule has 100 valence electrons. The van der Waals surface area contributed by atoms with Crippen LogP contribution in [0.4, 0.5) is 8.78 Å². The number of rotatable bonds is 5. The lowest BCUT2D eigenvalue weighted by Gasteiger charge is -2.03. The van der Waals surface area contributed by atoms with Crippen LogP contribution in [0.1, 0.15) is 5.56 Å². The molecule has 0 bridgehead atoms. The third-order valence-corrected chi connectivity index (χ3v) is 2.10. The Bertz CT molecular complexity index is 422. The maximum absolute atomic E-state index is 13.2. The van der Waals surface area contributed by atoms with Crippen molar-refractivity contribution in [1.29, 1.82) is 0 Å². The molecular weight excluding hydrogens is 351 g/mol. The van der Waals surface area contributed by atoms with Gasteiger partial charge in [0, 0.05) is 13.1 Å². The molecule has 0 saturated heterocycles. The van der Waals surface area contributed by atoms with Crippen LogP contribution in [-0.2, 0) is 6.42 Å². The van der Waals surface area contributed by atoms with Gasteiger partial charge in [0.15, 0.2) is 5.96 Å². The van der Waals surface area contributed by atoms with Crippen molar-refractivity contribution in [2.24, 2.45) is 10.7 Å². The second-order valence-corrected chi connectivity index (χ2v) is 3.42. The van der Waals surface area contributed by atoms with Gasteiger partial charge in [-0.15, -0.1) is 30.6 Å². The fourth-order valence-electron chi connectivity index (χ4n) is 1.26. The maximum atomic E-state index is 13.2. The minimum atomic E-state index is -0.455. The third kappa shape index (κ3) is 5.95. The van der Waals surface area contributed by atoms with Crippen LogP contribution in [0.3, 0.4) is 0 Å². The standard InChI is InChI=1S/C12H15F2N3.HI/c1-2-6-16-12(15)17-7-5-9-8-10(13)3-4-11(9)14;/h2-4,8H,1,5-7H2,(H3,15,16,17);1H. The Hall–Kier alpha value is -1.18. The van der Waals surface area contributed by atoms with Crippen molar-refractivity contribution >= 4 is 29.9 Å². The molecule has 0 atom stereocenters. The van der Waals surface area contributed by atoms with Gasteiger partial charge < -0.3 is 11.1 Å². The van der Waals surface area contributed by atoms with Gasteiger partial charge in [-0.1, -0.05) is 6.08 Å². The first kappa shape index (κ1) is 16.8. The molecule has 1 rings (SSSR count). The second-order valence-electron chi connectivity index (χ2n) is 3.42. The quantitative estimate of drug-likeness (QED) is 0.363. The summed E-state index contributed by atoms with van der Waals surface area (Å²) in [4.78, 5) is 3.97. The van der Waals surface area contributed by atoms with E-state index in [1.807, 2.05) is 0 Å². The van der Waals surface area contributed by atoms with E-state index in [4.69, 9.17) is 5.73 Å². The zero-order valence-corrected chi connectivity index (χ0v) is 12.2. The zero-order valence-electron chi connectivity index (χ0n) is 9.83. The topological polar surface area (TPSA) is 50.4 Å². The highest BCUT2D eigenvalue weighted by atomic mass is 127. The van der Waals surface area contributed by atoms with Gasteiger partial charge in [-0.25, -0.2) is 8.78 Å². The molecule has 0 saturated carbocycles. The van der Waals surface area contributed by atoms with Crippen LogP contribution >= 0.6 is 24.0 Å². The van der Waals surface area contributed by atoms with E-state index in [-0.39, 0.29) is 29.9 Å². The number of halogens is 3. The van der Waals surface area contributed by atoms with Crippen LogP contribution in [0.25, 0.3) is 0 Å². The van der Waals surface area contributed by atoms with E-state index in [2.05, 4.69) is 16.9 Å². The average molecular weight is 367 g/mol. The van der Waals surface area contributed by atoms with Crippen molar-refractivity contribution in [2.75, 3.05) is 13.1 Å². The van der Waals surface area contributed by atoms with E-state index < -0.39 is 11.6 Å². The minimum absolute atomic E-state index is 0. The average Bonchev–Trinajstić information content (AvgIpc) is 2.31. The van der Waals surface area contributed by atoms with Gasteiger partial charge >= 0.3 is 0 Å². The summed E-state index contributed by atoms with van der Waals surface area (Å²) in [5.74, 6) is -0.621. The fourth-order valence-corrected chi connectivity index (χ4v) is 1.26. The first-order valence-corrected chi connectivity index (χ1v) is 5.22. The monoisotopic (exact) mass is 367 g/mol. The van der Waals surface area contributed by atoms with E-state index in [9.17, 15) is 8.78 Å². The molecule has 0 spiro atoms. The number of nitrogens with one attached hydrogen (secondary N) is 1. The Balaban J connectivity index is 0.00000289. The van der Waals surface area contributed by atoms with Crippen LogP contribution in [0.15, 0.2) is 35.8 Å². The Morgan fingerprint density at radius 3 is 2.83 bits per heavy atom. The fraction of sp³-hybridized carbons (Fsp3) is 0.250. The van der Waals surface area contributed by atoms with E-state index in [0.29, 0.717) is 25.1 Å². The van der Waals surface area contributed by atoms with Crippen LogP contribution in [0.5, 0.6) is 0 Å². The van der Waals surface area contributed by atoms with Gasteiger partial charge in [0.05, 0.1) is 0 Å². The van der Waals surface area contributed by atoms with Gasteiger partial charge in [-0.2, -0.15) is 0 Å². The molecule has 1 aromatic carbocycles. The summed E-state index contributed by atoms with van der Waals surface area (Å²) in [6.45, 7) is 4.34. The van der Waals surface area contributed by atoms with E-state index in [0.717, 1.165) is 18.2 Å². The van der Waals surface area contributed by atoms with E-state index in [1.165, 1.54) is 0 Å². The van der Waals surface area contributed by atoms with Crippen molar-refractivity contribution < 1.29 is 8.78 Å². The molecule has 0 amide bonds. The highest BCUT2D eigenvalue weighted by Gasteiger charge is 2.03. The number of benzene rings is 1. The Morgan fingerprint density at radius 1 is 1.44 bits per heavy atom. The predicted molar refractivity (Wildman–Crippen MR) is 80.2 cm³/mol. The molecule has 6 heteroatoms. The SMILES string of the molecule is C=CCNC(N)=NCCc1cc(F)ccc1F.I. The van der Waals surface area contributed by atoms with Crippen LogP contribution < -0.4 is 11.1 Å². The molecule has 0 aliphatic rings. The van der Waals surface area contributed by atoms with Crippen molar-refractivity contribution in [2.45, 2.75) is 6.42 Å². The lowest BCUT2D eigenvalue weighted by molar-refractivity contribution is 0.585. The molecule has 18 heavy (non-hydrogen) atoms. The summed E-state index contributed by atoms with van der Waals surface area (Å²) < 4.78 is 26.1. The molecule has 3 N–H and O–H groups in total. The molecule has 0 aromatic heterocycles. The molecule has 0 unspecified atom stereocenters. The highest BCUT2D eigenvalue weighted by molar-refractivity contribution is 14.0. The predicted octanol–water partition coefficient (Wildman–Crippen LogP) is 2.22. The van der Waals surface area contributed by atoms with Gasteiger partial charge in [0.2, 0.25) is 0 Å². The maximum Gasteiger partial charge on any atom is 0.188 e. The first-order chi connectivity index (χ1) is 8.13. The van der Waals surface area contributed by atoms with Crippen LogP contribution in [0.2, 0.25) is 0 Å². The smallest absolute Gasteiger partial charge is 0.188 e. The molecule has 0 heterocycles. The minimum Gasteiger partial charge on any atom is -0.370 e. The zero-order chi connectivity index (χ0) is 12.7. The molecule has 1 aromatic rings. The summed E-state index contributed by atoms with van der Waals surface area (Å²) in [6.07, 6.45) is 1.95.